The van der Waals surface area contributed by atoms with Gasteiger partial charge in [0.05, 0.1) is 11.9 Å². The van der Waals surface area contributed by atoms with Crippen molar-refractivity contribution < 1.29 is 18.0 Å². The van der Waals surface area contributed by atoms with Gasteiger partial charge >= 0.3 is 0 Å². The minimum absolute atomic E-state index is 0.0180. The van der Waals surface area contributed by atoms with Crippen molar-refractivity contribution in [2.75, 3.05) is 17.1 Å². The van der Waals surface area contributed by atoms with Crippen LogP contribution in [0.4, 0.5) is 5.69 Å². The first-order valence-corrected chi connectivity index (χ1v) is 15.1. The standard InChI is InChI=1S/C25H30BrCl2N3O4S/c1-17(25(33)29-21-8-4-3-5-9-21)30(15-18-11-12-20(27)14-23(18)28)24(32)16-31(36(2,34)35)22-10-6-7-19(26)13-22/h6-7,10-14,17,21H,3-5,8-9,15-16H2,1-2H3,(H,29,33)/t17-/m1/s1. The van der Waals surface area contributed by atoms with E-state index in [-0.39, 0.29) is 18.5 Å². The van der Waals surface area contributed by atoms with E-state index in [2.05, 4.69) is 21.2 Å². The van der Waals surface area contributed by atoms with Gasteiger partial charge < -0.3 is 10.2 Å². The normalized spacial score (nSPS) is 15.2. The second kappa shape index (κ2) is 12.6. The number of hydrogen-bond acceptors (Lipinski definition) is 4. The lowest BCUT2D eigenvalue weighted by molar-refractivity contribution is -0.139. The lowest BCUT2D eigenvalue weighted by atomic mass is 9.95. The lowest BCUT2D eigenvalue weighted by Crippen LogP contribution is -2.53. The largest absolute Gasteiger partial charge is 0.352 e. The molecule has 7 nitrogen and oxygen atoms in total. The zero-order chi connectivity index (χ0) is 26.5. The maximum absolute atomic E-state index is 13.6. The van der Waals surface area contributed by atoms with Crippen LogP contribution >= 0.6 is 39.1 Å². The van der Waals surface area contributed by atoms with Crippen molar-refractivity contribution in [3.63, 3.8) is 0 Å². The van der Waals surface area contributed by atoms with Crippen molar-refractivity contribution in [2.24, 2.45) is 0 Å². The summed E-state index contributed by atoms with van der Waals surface area (Å²) in [4.78, 5) is 28.2. The van der Waals surface area contributed by atoms with E-state index in [1.165, 1.54) is 4.90 Å². The molecule has 0 radical (unpaired) electrons. The van der Waals surface area contributed by atoms with Crippen LogP contribution in [-0.2, 0) is 26.2 Å². The third kappa shape index (κ3) is 7.84. The van der Waals surface area contributed by atoms with E-state index in [1.54, 1.807) is 49.4 Å². The first-order valence-electron chi connectivity index (χ1n) is 11.7. The number of rotatable bonds is 9. The molecule has 196 valence electrons. The van der Waals surface area contributed by atoms with Crippen LogP contribution < -0.4 is 9.62 Å². The van der Waals surface area contributed by atoms with Gasteiger partial charge in [-0.25, -0.2) is 8.42 Å². The summed E-state index contributed by atoms with van der Waals surface area (Å²) in [6.07, 6.45) is 6.11. The molecule has 0 bridgehead atoms. The van der Waals surface area contributed by atoms with Gasteiger partial charge in [-0.15, -0.1) is 0 Å². The molecule has 2 amide bonds. The van der Waals surface area contributed by atoms with E-state index < -0.39 is 28.5 Å². The zero-order valence-corrected chi connectivity index (χ0v) is 24.1. The minimum atomic E-state index is -3.80. The van der Waals surface area contributed by atoms with E-state index in [1.807, 2.05) is 0 Å². The maximum Gasteiger partial charge on any atom is 0.244 e. The molecule has 3 rings (SSSR count). The molecule has 36 heavy (non-hydrogen) atoms. The third-order valence-corrected chi connectivity index (χ3v) is 8.47. The first kappa shape index (κ1) is 28.8. The van der Waals surface area contributed by atoms with Crippen molar-refractivity contribution in [1.82, 2.24) is 10.2 Å². The molecule has 11 heteroatoms. The van der Waals surface area contributed by atoms with Gasteiger partial charge in [0.2, 0.25) is 21.8 Å². The highest BCUT2D eigenvalue weighted by Crippen LogP contribution is 2.26. The summed E-state index contributed by atoms with van der Waals surface area (Å²) in [5.41, 5.74) is 0.934. The average Bonchev–Trinajstić information content (AvgIpc) is 2.81. The predicted octanol–water partition coefficient (Wildman–Crippen LogP) is 5.39. The predicted molar refractivity (Wildman–Crippen MR) is 148 cm³/mol. The van der Waals surface area contributed by atoms with Gasteiger partial charge in [0, 0.05) is 27.1 Å². The molecule has 1 fully saturated rings. The number of sulfonamides is 1. The molecule has 0 spiro atoms. The summed E-state index contributed by atoms with van der Waals surface area (Å²) in [7, 11) is -3.80. The fraction of sp³-hybridized carbons (Fsp3) is 0.440. The number of nitrogens with zero attached hydrogens (tertiary/aromatic N) is 2. The van der Waals surface area contributed by atoms with Crippen LogP contribution in [0.2, 0.25) is 10.0 Å². The van der Waals surface area contributed by atoms with Crippen LogP contribution in [0.5, 0.6) is 0 Å². The number of amides is 2. The summed E-state index contributed by atoms with van der Waals surface area (Å²) < 4.78 is 27.0. The van der Waals surface area contributed by atoms with Crippen LogP contribution in [0.3, 0.4) is 0 Å². The molecular weight excluding hydrogens is 589 g/mol. The number of halogens is 3. The molecule has 0 saturated heterocycles. The Morgan fingerprint density at radius 1 is 1.11 bits per heavy atom. The second-order valence-corrected chi connectivity index (χ2v) is 12.7. The molecule has 2 aromatic carbocycles. The molecule has 0 unspecified atom stereocenters. The van der Waals surface area contributed by atoms with Crippen LogP contribution in [-0.4, -0.2) is 50.0 Å². The van der Waals surface area contributed by atoms with Gasteiger partial charge in [0.1, 0.15) is 12.6 Å². The highest BCUT2D eigenvalue weighted by atomic mass is 79.9. The number of carbonyl (C=O) groups is 2. The van der Waals surface area contributed by atoms with E-state index in [4.69, 9.17) is 23.2 Å². The number of hydrogen-bond donors (Lipinski definition) is 1. The topological polar surface area (TPSA) is 86.8 Å². The highest BCUT2D eigenvalue weighted by molar-refractivity contribution is 9.10. The Balaban J connectivity index is 1.90. The molecule has 0 heterocycles. The highest BCUT2D eigenvalue weighted by Gasteiger charge is 2.31. The van der Waals surface area contributed by atoms with Crippen LogP contribution in [0.15, 0.2) is 46.9 Å². The summed E-state index contributed by atoms with van der Waals surface area (Å²) in [5, 5.41) is 3.86. The SMILES string of the molecule is C[C@H](C(=O)NC1CCCCC1)N(Cc1ccc(Cl)cc1Cl)C(=O)CN(c1cccc(Br)c1)S(C)(=O)=O. The lowest BCUT2D eigenvalue weighted by Gasteiger charge is -2.33. The van der Waals surface area contributed by atoms with Gasteiger partial charge in [-0.05, 0) is 55.7 Å². The Labute approximate surface area is 231 Å². The fourth-order valence-electron chi connectivity index (χ4n) is 4.23. The molecule has 0 aliphatic heterocycles. The first-order chi connectivity index (χ1) is 17.0. The zero-order valence-electron chi connectivity index (χ0n) is 20.2. The number of carbonyl (C=O) groups excluding carboxylic acids is 2. The summed E-state index contributed by atoms with van der Waals surface area (Å²) in [5.74, 6) is -0.814. The monoisotopic (exact) mass is 617 g/mol. The van der Waals surface area contributed by atoms with E-state index in [0.717, 1.165) is 42.7 Å². The Bertz CT molecular complexity index is 1210. The molecule has 1 saturated carbocycles. The summed E-state index contributed by atoms with van der Waals surface area (Å²) in [6.45, 7) is 1.19. The van der Waals surface area contributed by atoms with Crippen LogP contribution in [0.1, 0.15) is 44.6 Å². The van der Waals surface area contributed by atoms with Gasteiger partial charge in [-0.2, -0.15) is 0 Å². The Morgan fingerprint density at radius 2 is 1.81 bits per heavy atom. The Hall–Kier alpha value is -1.81. The second-order valence-electron chi connectivity index (χ2n) is 9.03. The van der Waals surface area contributed by atoms with E-state index in [0.29, 0.717) is 25.8 Å². The summed E-state index contributed by atoms with van der Waals surface area (Å²) in [6, 6.07) is 10.8. The molecule has 1 N–H and O–H groups in total. The van der Waals surface area contributed by atoms with Crippen molar-refractivity contribution in [3.05, 3.63) is 62.5 Å². The van der Waals surface area contributed by atoms with Crippen LogP contribution in [0, 0.1) is 0 Å². The summed E-state index contributed by atoms with van der Waals surface area (Å²) >= 11 is 15.8. The smallest absolute Gasteiger partial charge is 0.244 e. The Kier molecular flexibility index (Phi) is 10.1. The van der Waals surface area contributed by atoms with Crippen molar-refractivity contribution in [1.29, 1.82) is 0 Å². The third-order valence-electron chi connectivity index (χ3n) is 6.25. The number of benzene rings is 2. The van der Waals surface area contributed by atoms with Gasteiger partial charge in [0.15, 0.2) is 0 Å². The maximum atomic E-state index is 13.6. The number of nitrogens with one attached hydrogen (secondary N) is 1. The molecule has 1 aliphatic rings. The number of anilines is 1. The molecule has 2 aromatic rings. The van der Waals surface area contributed by atoms with Gasteiger partial charge in [-0.1, -0.05) is 70.5 Å². The average molecular weight is 619 g/mol. The molecule has 1 atom stereocenters. The Morgan fingerprint density at radius 3 is 2.42 bits per heavy atom. The molecule has 0 aromatic heterocycles. The van der Waals surface area contributed by atoms with Crippen molar-refractivity contribution >= 4 is 66.7 Å². The van der Waals surface area contributed by atoms with Gasteiger partial charge in [0.25, 0.3) is 0 Å². The van der Waals surface area contributed by atoms with Crippen LogP contribution in [0.25, 0.3) is 0 Å². The van der Waals surface area contributed by atoms with E-state index >= 15 is 0 Å². The van der Waals surface area contributed by atoms with Crippen molar-refractivity contribution in [3.8, 4) is 0 Å². The quantitative estimate of drug-likeness (QED) is 0.408. The van der Waals surface area contributed by atoms with Gasteiger partial charge in [-0.3, -0.25) is 13.9 Å². The molecular formula is C25H30BrCl2N3O4S. The van der Waals surface area contributed by atoms with Crippen molar-refractivity contribution in [2.45, 2.75) is 57.7 Å². The minimum Gasteiger partial charge on any atom is -0.352 e. The van der Waals surface area contributed by atoms with E-state index in [9.17, 15) is 18.0 Å². The molecule has 1 aliphatic carbocycles. The fourth-order valence-corrected chi connectivity index (χ4v) is 5.93.